The third kappa shape index (κ3) is 5.29. The number of nitrogens with one attached hydrogen (secondary N) is 1. The fourth-order valence-electron chi connectivity index (χ4n) is 2.64. The van der Waals surface area contributed by atoms with Crippen LogP contribution in [0.4, 0.5) is 0 Å². The van der Waals surface area contributed by atoms with Gasteiger partial charge in [0.25, 0.3) is 5.91 Å². The molecular formula is C21H27NO5. The fraction of sp³-hybridized carbons (Fsp3) is 0.381. The van der Waals surface area contributed by atoms with Gasteiger partial charge in [-0.3, -0.25) is 4.79 Å². The molecule has 0 aliphatic heterocycles. The molecule has 0 radical (unpaired) electrons. The molecule has 1 N–H and O–H groups in total. The number of hydrogen-bond acceptors (Lipinski definition) is 5. The minimum atomic E-state index is -0.560. The predicted molar refractivity (Wildman–Crippen MR) is 104 cm³/mol. The molecule has 0 aromatic heterocycles. The van der Waals surface area contributed by atoms with Crippen molar-refractivity contribution in [1.29, 1.82) is 0 Å². The highest BCUT2D eigenvalue weighted by Crippen LogP contribution is 2.38. The molecule has 6 heteroatoms. The normalized spacial score (nSPS) is 11.4. The van der Waals surface area contributed by atoms with E-state index in [4.69, 9.17) is 18.9 Å². The molecule has 0 aliphatic carbocycles. The third-order valence-electron chi connectivity index (χ3n) is 4.15. The van der Waals surface area contributed by atoms with E-state index < -0.39 is 6.10 Å². The second-order valence-corrected chi connectivity index (χ2v) is 6.08. The number of rotatable bonds is 9. The first kappa shape index (κ1) is 20.4. The Morgan fingerprint density at radius 1 is 1.00 bits per heavy atom. The number of benzene rings is 2. The van der Waals surface area contributed by atoms with Gasteiger partial charge < -0.3 is 24.3 Å². The lowest BCUT2D eigenvalue weighted by Gasteiger charge is -2.18. The highest BCUT2D eigenvalue weighted by Gasteiger charge is 2.19. The molecular weight excluding hydrogens is 346 g/mol. The summed E-state index contributed by atoms with van der Waals surface area (Å²) < 4.78 is 21.8. The van der Waals surface area contributed by atoms with Crippen molar-refractivity contribution in [3.63, 3.8) is 0 Å². The Morgan fingerprint density at radius 3 is 2.07 bits per heavy atom. The quantitative estimate of drug-likeness (QED) is 0.729. The summed E-state index contributed by atoms with van der Waals surface area (Å²) >= 11 is 0. The molecule has 0 aliphatic rings. The van der Waals surface area contributed by atoms with E-state index in [1.165, 1.54) is 0 Å². The van der Waals surface area contributed by atoms with E-state index in [0.29, 0.717) is 36.0 Å². The molecule has 0 saturated carbocycles. The number of hydrogen-bond donors (Lipinski definition) is 1. The molecule has 2 rings (SSSR count). The summed E-state index contributed by atoms with van der Waals surface area (Å²) in [4.78, 5) is 12.5. The van der Waals surface area contributed by atoms with Crippen molar-refractivity contribution in [1.82, 2.24) is 5.32 Å². The van der Waals surface area contributed by atoms with Crippen LogP contribution in [0.25, 0.3) is 0 Å². The van der Waals surface area contributed by atoms with Crippen LogP contribution in [0.1, 0.15) is 24.5 Å². The zero-order chi connectivity index (χ0) is 19.8. The summed E-state index contributed by atoms with van der Waals surface area (Å²) in [6.45, 7) is 4.24. The van der Waals surface area contributed by atoms with Crippen molar-refractivity contribution in [3.8, 4) is 23.0 Å². The summed E-state index contributed by atoms with van der Waals surface area (Å²) in [5.74, 6) is 2.11. The SMILES string of the molecule is CC[C@@H](Oc1ccc(C)cc1)C(=O)NCc1cc(OC)c(OC)c(OC)c1. The molecule has 146 valence electrons. The zero-order valence-electron chi connectivity index (χ0n) is 16.5. The monoisotopic (exact) mass is 373 g/mol. The van der Waals surface area contributed by atoms with E-state index in [0.717, 1.165) is 11.1 Å². The van der Waals surface area contributed by atoms with Gasteiger partial charge in [-0.1, -0.05) is 24.6 Å². The maximum Gasteiger partial charge on any atom is 0.261 e. The summed E-state index contributed by atoms with van der Waals surface area (Å²) in [5, 5.41) is 2.91. The molecule has 2 aromatic rings. The average Bonchev–Trinajstić information content (AvgIpc) is 2.70. The first-order chi connectivity index (χ1) is 13.0. The van der Waals surface area contributed by atoms with E-state index >= 15 is 0 Å². The molecule has 6 nitrogen and oxygen atoms in total. The number of ether oxygens (including phenoxy) is 4. The number of aryl methyl sites for hydroxylation is 1. The van der Waals surface area contributed by atoms with Crippen LogP contribution in [-0.2, 0) is 11.3 Å². The highest BCUT2D eigenvalue weighted by molar-refractivity contribution is 5.81. The van der Waals surface area contributed by atoms with E-state index in [9.17, 15) is 4.79 Å². The molecule has 0 saturated heterocycles. The number of amides is 1. The van der Waals surface area contributed by atoms with Gasteiger partial charge >= 0.3 is 0 Å². The van der Waals surface area contributed by atoms with Gasteiger partial charge in [0.15, 0.2) is 17.6 Å². The smallest absolute Gasteiger partial charge is 0.261 e. The third-order valence-corrected chi connectivity index (χ3v) is 4.15. The Labute approximate surface area is 160 Å². The van der Waals surface area contributed by atoms with Gasteiger partial charge in [0.1, 0.15) is 5.75 Å². The maximum absolute atomic E-state index is 12.5. The lowest BCUT2D eigenvalue weighted by Crippen LogP contribution is -2.37. The molecule has 2 aromatic carbocycles. The maximum atomic E-state index is 12.5. The molecule has 1 amide bonds. The van der Waals surface area contributed by atoms with Gasteiger partial charge in [0, 0.05) is 6.54 Å². The topological polar surface area (TPSA) is 66.0 Å². The Kier molecular flexibility index (Phi) is 7.34. The van der Waals surface area contributed by atoms with Crippen LogP contribution in [0, 0.1) is 6.92 Å². The van der Waals surface area contributed by atoms with Crippen LogP contribution in [0.5, 0.6) is 23.0 Å². The minimum Gasteiger partial charge on any atom is -0.493 e. The van der Waals surface area contributed by atoms with E-state index in [2.05, 4.69) is 5.32 Å². The van der Waals surface area contributed by atoms with Gasteiger partial charge in [-0.15, -0.1) is 0 Å². The first-order valence-corrected chi connectivity index (χ1v) is 8.82. The largest absolute Gasteiger partial charge is 0.493 e. The van der Waals surface area contributed by atoms with Crippen molar-refractivity contribution < 1.29 is 23.7 Å². The molecule has 0 fully saturated rings. The van der Waals surface area contributed by atoms with Crippen molar-refractivity contribution in [3.05, 3.63) is 47.5 Å². The average molecular weight is 373 g/mol. The van der Waals surface area contributed by atoms with Gasteiger partial charge in [-0.05, 0) is 43.2 Å². The summed E-state index contributed by atoms with van der Waals surface area (Å²) in [5.41, 5.74) is 1.98. The molecule has 0 heterocycles. The standard InChI is InChI=1S/C21H27NO5/c1-6-17(27-16-9-7-14(2)8-10-16)21(23)22-13-15-11-18(24-3)20(26-5)19(12-15)25-4/h7-12,17H,6,13H2,1-5H3,(H,22,23)/t17-/m1/s1. The van der Waals surface area contributed by atoms with Crippen molar-refractivity contribution in [2.45, 2.75) is 32.9 Å². The fourth-order valence-corrected chi connectivity index (χ4v) is 2.64. The van der Waals surface area contributed by atoms with Crippen LogP contribution in [0.15, 0.2) is 36.4 Å². The molecule has 0 spiro atoms. The summed E-state index contributed by atoms with van der Waals surface area (Å²) in [6.07, 6.45) is 0.00403. The van der Waals surface area contributed by atoms with Gasteiger partial charge in [0.05, 0.1) is 21.3 Å². The van der Waals surface area contributed by atoms with Crippen molar-refractivity contribution in [2.24, 2.45) is 0 Å². The Hall–Kier alpha value is -2.89. The van der Waals surface area contributed by atoms with Gasteiger partial charge in [-0.25, -0.2) is 0 Å². The van der Waals surface area contributed by atoms with E-state index in [1.807, 2.05) is 50.2 Å². The van der Waals surface area contributed by atoms with Crippen molar-refractivity contribution >= 4 is 5.91 Å². The molecule has 27 heavy (non-hydrogen) atoms. The van der Waals surface area contributed by atoms with Crippen LogP contribution >= 0.6 is 0 Å². The summed E-state index contributed by atoms with van der Waals surface area (Å²) in [6, 6.07) is 11.3. The number of carbonyl (C=O) groups is 1. The second-order valence-electron chi connectivity index (χ2n) is 6.08. The zero-order valence-corrected chi connectivity index (χ0v) is 16.5. The molecule has 0 bridgehead atoms. The lowest BCUT2D eigenvalue weighted by molar-refractivity contribution is -0.128. The second kappa shape index (κ2) is 9.71. The molecule has 0 unspecified atom stereocenters. The van der Waals surface area contributed by atoms with Crippen LogP contribution < -0.4 is 24.3 Å². The van der Waals surface area contributed by atoms with Crippen LogP contribution in [0.2, 0.25) is 0 Å². The van der Waals surface area contributed by atoms with E-state index in [1.54, 1.807) is 21.3 Å². The Bertz CT molecular complexity index is 733. The number of carbonyl (C=O) groups excluding carboxylic acids is 1. The Balaban J connectivity index is 2.05. The van der Waals surface area contributed by atoms with Crippen molar-refractivity contribution in [2.75, 3.05) is 21.3 Å². The van der Waals surface area contributed by atoms with Crippen LogP contribution in [0.3, 0.4) is 0 Å². The predicted octanol–water partition coefficient (Wildman–Crippen LogP) is 3.49. The van der Waals surface area contributed by atoms with E-state index in [-0.39, 0.29) is 5.91 Å². The minimum absolute atomic E-state index is 0.174. The summed E-state index contributed by atoms with van der Waals surface area (Å²) in [7, 11) is 4.67. The number of methoxy groups -OCH3 is 3. The highest BCUT2D eigenvalue weighted by atomic mass is 16.5. The Morgan fingerprint density at radius 2 is 1.59 bits per heavy atom. The van der Waals surface area contributed by atoms with Crippen LogP contribution in [-0.4, -0.2) is 33.3 Å². The molecule has 1 atom stereocenters. The first-order valence-electron chi connectivity index (χ1n) is 8.82. The van der Waals surface area contributed by atoms with Gasteiger partial charge in [-0.2, -0.15) is 0 Å². The lowest BCUT2D eigenvalue weighted by atomic mass is 10.1. The van der Waals surface area contributed by atoms with Gasteiger partial charge in [0.2, 0.25) is 5.75 Å².